The highest BCUT2D eigenvalue weighted by molar-refractivity contribution is 6.05. The number of carbonyl (C=O) groups excluding carboxylic acids is 2. The van der Waals surface area contributed by atoms with Gasteiger partial charge in [-0.2, -0.15) is 0 Å². The van der Waals surface area contributed by atoms with Gasteiger partial charge in [0.1, 0.15) is 18.0 Å². The molecular weight excluding hydrogens is 468 g/mol. The number of ether oxygens (including phenoxy) is 2. The van der Waals surface area contributed by atoms with Gasteiger partial charge in [0.05, 0.1) is 24.0 Å². The Morgan fingerprint density at radius 3 is 2.51 bits per heavy atom. The quantitative estimate of drug-likeness (QED) is 0.223. The number of carbonyl (C=O) groups is 2. The number of fused-ring (bicyclic) bond motifs is 1. The van der Waals surface area contributed by atoms with Gasteiger partial charge in [-0.25, -0.2) is 9.78 Å². The third-order valence-electron chi connectivity index (χ3n) is 5.96. The van der Waals surface area contributed by atoms with Gasteiger partial charge in [-0.15, -0.1) is 0 Å². The Bertz CT molecular complexity index is 1450. The van der Waals surface area contributed by atoms with Crippen molar-refractivity contribution >= 4 is 22.8 Å². The van der Waals surface area contributed by atoms with Gasteiger partial charge in [0, 0.05) is 23.6 Å². The maximum Gasteiger partial charge on any atom is 0.339 e. The molecule has 7 heteroatoms. The fraction of sp³-hybridized carbons (Fsp3) is 0.233. The number of aromatic amines is 1. The molecule has 37 heavy (non-hydrogen) atoms. The lowest BCUT2D eigenvalue weighted by molar-refractivity contribution is -0.114. The Hall–Kier alpha value is -4.23. The lowest BCUT2D eigenvalue weighted by Gasteiger charge is -2.11. The normalized spacial score (nSPS) is 11.1. The van der Waals surface area contributed by atoms with Gasteiger partial charge in [0.15, 0.2) is 5.78 Å². The van der Waals surface area contributed by atoms with E-state index in [9.17, 15) is 9.59 Å². The van der Waals surface area contributed by atoms with Crippen molar-refractivity contribution < 1.29 is 24.2 Å². The van der Waals surface area contributed by atoms with Crippen molar-refractivity contribution in [3.63, 3.8) is 0 Å². The van der Waals surface area contributed by atoms with Crippen molar-refractivity contribution in [3.8, 4) is 28.1 Å². The van der Waals surface area contributed by atoms with Crippen molar-refractivity contribution in [2.75, 3.05) is 13.2 Å². The molecule has 2 heterocycles. The van der Waals surface area contributed by atoms with Gasteiger partial charge in [-0.05, 0) is 79.4 Å². The summed E-state index contributed by atoms with van der Waals surface area (Å²) in [4.78, 5) is 32.7. The van der Waals surface area contributed by atoms with E-state index in [4.69, 9.17) is 14.6 Å². The van der Waals surface area contributed by atoms with E-state index >= 15 is 0 Å². The van der Waals surface area contributed by atoms with Crippen LogP contribution >= 0.6 is 0 Å². The van der Waals surface area contributed by atoms with E-state index < -0.39 is 5.97 Å². The number of benzene rings is 2. The number of hydrogen-bond donors (Lipinski definition) is 2. The van der Waals surface area contributed by atoms with Crippen LogP contribution in [0.15, 0.2) is 67.4 Å². The molecule has 2 N–H and O–H groups in total. The fourth-order valence-corrected chi connectivity index (χ4v) is 4.14. The second kappa shape index (κ2) is 11.2. The van der Waals surface area contributed by atoms with Crippen molar-refractivity contribution in [3.05, 3.63) is 84.1 Å². The van der Waals surface area contributed by atoms with E-state index in [2.05, 4.69) is 16.5 Å². The van der Waals surface area contributed by atoms with Gasteiger partial charge in [-0.1, -0.05) is 24.8 Å². The summed E-state index contributed by atoms with van der Waals surface area (Å²) in [6.45, 7) is 9.32. The van der Waals surface area contributed by atoms with Crippen LogP contribution in [0.4, 0.5) is 0 Å². The number of nitrogens with zero attached hydrogens (tertiary/aromatic N) is 1. The Morgan fingerprint density at radius 1 is 1.11 bits per heavy atom. The number of aromatic nitrogens is 2. The molecule has 2 aromatic heterocycles. The molecule has 0 amide bonds. The number of H-pyrrole nitrogens is 1. The number of rotatable bonds is 10. The predicted molar refractivity (Wildman–Crippen MR) is 144 cm³/mol. The summed E-state index contributed by atoms with van der Waals surface area (Å²) in [5, 5.41) is 9.79. The maximum atomic E-state index is 12.6. The molecule has 0 spiro atoms. The minimum Gasteiger partial charge on any atom is -0.491 e. The number of aryl methyl sites for hydroxylation is 1. The molecule has 0 aliphatic rings. The van der Waals surface area contributed by atoms with E-state index in [1.807, 2.05) is 49.4 Å². The minimum absolute atomic E-state index is 0.0572. The molecule has 0 fully saturated rings. The van der Waals surface area contributed by atoms with Gasteiger partial charge >= 0.3 is 5.97 Å². The number of pyridine rings is 1. The van der Waals surface area contributed by atoms with Crippen molar-refractivity contribution in [2.45, 2.75) is 33.3 Å². The van der Waals surface area contributed by atoms with Gasteiger partial charge in [0.2, 0.25) is 0 Å². The highest BCUT2D eigenvalue weighted by Gasteiger charge is 2.20. The highest BCUT2D eigenvalue weighted by Crippen LogP contribution is 2.39. The first-order valence-corrected chi connectivity index (χ1v) is 12.1. The number of ketones is 1. The monoisotopic (exact) mass is 498 g/mol. The first kappa shape index (κ1) is 25.9. The van der Waals surface area contributed by atoms with Crippen LogP contribution in [0, 0.1) is 6.92 Å². The van der Waals surface area contributed by atoms with Crippen LogP contribution < -0.4 is 4.74 Å². The fourth-order valence-electron chi connectivity index (χ4n) is 4.14. The Balaban J connectivity index is 1.89. The Labute approximate surface area is 215 Å². The van der Waals surface area contributed by atoms with Crippen LogP contribution in [0.5, 0.6) is 5.75 Å². The van der Waals surface area contributed by atoms with Crippen LogP contribution in [0.25, 0.3) is 33.4 Å². The molecule has 0 saturated carbocycles. The molecule has 190 valence electrons. The van der Waals surface area contributed by atoms with E-state index in [0.717, 1.165) is 38.9 Å². The molecule has 0 saturated heterocycles. The maximum absolute atomic E-state index is 12.6. The third-order valence-corrected chi connectivity index (χ3v) is 5.96. The number of hydrogen-bond acceptors (Lipinski definition) is 6. The molecule has 0 unspecified atom stereocenters. The molecule has 4 aromatic rings. The van der Waals surface area contributed by atoms with E-state index in [-0.39, 0.29) is 31.5 Å². The van der Waals surface area contributed by atoms with Crippen molar-refractivity contribution in [1.82, 2.24) is 9.97 Å². The summed E-state index contributed by atoms with van der Waals surface area (Å²) in [6.07, 6.45) is 2.84. The average molecular weight is 499 g/mol. The third kappa shape index (κ3) is 5.78. The molecule has 4 rings (SSSR count). The molecule has 2 aromatic carbocycles. The number of esters is 1. The van der Waals surface area contributed by atoms with Crippen LogP contribution in [0.3, 0.4) is 0 Å². The van der Waals surface area contributed by atoms with E-state index in [0.29, 0.717) is 17.0 Å². The van der Waals surface area contributed by atoms with Gasteiger partial charge in [0.25, 0.3) is 0 Å². The summed E-state index contributed by atoms with van der Waals surface area (Å²) in [7, 11) is 0. The molecular formula is C30H30N2O5. The van der Waals surface area contributed by atoms with Gasteiger partial charge < -0.3 is 19.6 Å². The first-order chi connectivity index (χ1) is 17.8. The molecule has 0 radical (unpaired) electrons. The summed E-state index contributed by atoms with van der Waals surface area (Å²) < 4.78 is 10.9. The number of allylic oxidation sites excluding steroid dienone is 1. The number of aliphatic hydroxyl groups excluding tert-OH is 1. The second-order valence-electron chi connectivity index (χ2n) is 9.03. The highest BCUT2D eigenvalue weighted by atomic mass is 16.5. The first-order valence-electron chi connectivity index (χ1n) is 12.1. The second-order valence-corrected chi connectivity index (χ2v) is 9.03. The van der Waals surface area contributed by atoms with Crippen molar-refractivity contribution in [1.29, 1.82) is 0 Å². The standard InChI is InChI=1S/C30H30N2O5/c1-5-24(34)15-22-14-21(7-6-19(22)4)27-26-16-23(30(35)37-18(2)3)17-31-29(26)32-28(27)20-8-10-25(11-9-20)36-13-12-33/h5-11,14,16-18,33H,1,12-13,15H2,2-4H3,(H,31,32). The smallest absolute Gasteiger partial charge is 0.339 e. The van der Waals surface area contributed by atoms with Crippen LogP contribution in [0.2, 0.25) is 0 Å². The molecule has 7 nitrogen and oxygen atoms in total. The molecule has 0 atom stereocenters. The summed E-state index contributed by atoms with van der Waals surface area (Å²) >= 11 is 0. The lowest BCUT2D eigenvalue weighted by atomic mass is 9.93. The largest absolute Gasteiger partial charge is 0.491 e. The molecule has 0 aliphatic carbocycles. The molecule has 0 aliphatic heterocycles. The zero-order chi connectivity index (χ0) is 26.5. The summed E-state index contributed by atoms with van der Waals surface area (Å²) in [6, 6.07) is 15.3. The number of nitrogens with one attached hydrogen (secondary N) is 1. The van der Waals surface area contributed by atoms with Crippen LogP contribution in [-0.2, 0) is 16.0 Å². The average Bonchev–Trinajstić information content (AvgIpc) is 3.27. The van der Waals surface area contributed by atoms with E-state index in [1.54, 1.807) is 19.9 Å². The predicted octanol–water partition coefficient (Wildman–Crippen LogP) is 5.44. The minimum atomic E-state index is -0.440. The SMILES string of the molecule is C=CC(=O)Cc1cc(-c2c(-c3ccc(OCCO)cc3)[nH]c3ncc(C(=O)OC(C)C)cc23)ccc1C. The Kier molecular flexibility index (Phi) is 7.84. The molecule has 0 bridgehead atoms. The van der Waals surface area contributed by atoms with Crippen LogP contribution in [0.1, 0.15) is 35.3 Å². The topological polar surface area (TPSA) is 102 Å². The number of aliphatic hydroxyl groups is 1. The summed E-state index contributed by atoms with van der Waals surface area (Å²) in [5.41, 5.74) is 6.33. The van der Waals surface area contributed by atoms with Crippen molar-refractivity contribution in [2.24, 2.45) is 0 Å². The van der Waals surface area contributed by atoms with Crippen LogP contribution in [-0.4, -0.2) is 46.1 Å². The zero-order valence-electron chi connectivity index (χ0n) is 21.2. The van der Waals surface area contributed by atoms with Gasteiger partial charge in [-0.3, -0.25) is 4.79 Å². The zero-order valence-corrected chi connectivity index (χ0v) is 21.2. The summed E-state index contributed by atoms with van der Waals surface area (Å²) in [5.74, 6) is 0.149. The van der Waals surface area contributed by atoms with E-state index in [1.165, 1.54) is 12.3 Å². The Morgan fingerprint density at radius 2 is 1.84 bits per heavy atom. The lowest BCUT2D eigenvalue weighted by Crippen LogP contribution is -2.11.